The van der Waals surface area contributed by atoms with E-state index in [0.717, 1.165) is 33.7 Å². The Morgan fingerprint density at radius 3 is 2.79 bits per heavy atom. The smallest absolute Gasteiger partial charge is 0.107 e. The SMILES string of the molecule is Cc1cc(NCc2cc(Br)cs2)c(C(N)=S)c(C)n1. The summed E-state index contributed by atoms with van der Waals surface area (Å²) in [5.41, 5.74) is 9.38. The standard InChI is InChI=1S/C13H14BrN3S2/c1-7-3-11(12(13(15)18)8(2)17-7)16-5-10-4-9(14)6-19-10/h3-4,6H,5H2,1-2H3,(H2,15,18)(H,16,17). The Labute approximate surface area is 130 Å². The van der Waals surface area contributed by atoms with Gasteiger partial charge in [0.15, 0.2) is 0 Å². The lowest BCUT2D eigenvalue weighted by Gasteiger charge is -2.13. The predicted octanol–water partition coefficient (Wildman–Crippen LogP) is 3.77. The average Bonchev–Trinajstić information content (AvgIpc) is 2.71. The molecule has 3 nitrogen and oxygen atoms in total. The minimum atomic E-state index is 0.375. The van der Waals surface area contributed by atoms with Crippen LogP contribution in [0, 0.1) is 13.8 Å². The lowest BCUT2D eigenvalue weighted by Crippen LogP contribution is -2.16. The first-order valence-corrected chi connectivity index (χ1v) is 7.80. The number of nitrogens with one attached hydrogen (secondary N) is 1. The van der Waals surface area contributed by atoms with E-state index < -0.39 is 0 Å². The fourth-order valence-electron chi connectivity index (χ4n) is 1.91. The van der Waals surface area contributed by atoms with Crippen molar-refractivity contribution in [2.45, 2.75) is 20.4 Å². The molecule has 0 saturated carbocycles. The number of hydrogen-bond acceptors (Lipinski definition) is 4. The van der Waals surface area contributed by atoms with Crippen LogP contribution in [0.5, 0.6) is 0 Å². The number of aromatic nitrogens is 1. The number of thiocarbonyl (C=S) groups is 1. The molecular formula is C13H14BrN3S2. The summed E-state index contributed by atoms with van der Waals surface area (Å²) in [6.45, 7) is 4.63. The Morgan fingerprint density at radius 2 is 2.21 bits per heavy atom. The zero-order chi connectivity index (χ0) is 14.0. The molecule has 0 atom stereocenters. The van der Waals surface area contributed by atoms with Crippen LogP contribution in [0.4, 0.5) is 5.69 Å². The van der Waals surface area contributed by atoms with Crippen molar-refractivity contribution >= 4 is 50.2 Å². The van der Waals surface area contributed by atoms with Crippen molar-refractivity contribution in [3.05, 3.63) is 43.8 Å². The third kappa shape index (κ3) is 3.52. The van der Waals surface area contributed by atoms with Gasteiger partial charge in [-0.2, -0.15) is 0 Å². The van der Waals surface area contributed by atoms with E-state index in [-0.39, 0.29) is 0 Å². The van der Waals surface area contributed by atoms with Gasteiger partial charge in [0.25, 0.3) is 0 Å². The highest BCUT2D eigenvalue weighted by atomic mass is 79.9. The van der Waals surface area contributed by atoms with Gasteiger partial charge in [0.2, 0.25) is 0 Å². The van der Waals surface area contributed by atoms with Crippen LogP contribution in [0.1, 0.15) is 21.8 Å². The first kappa shape index (κ1) is 14.4. The van der Waals surface area contributed by atoms with Crippen LogP contribution in [-0.2, 0) is 6.54 Å². The molecular weight excluding hydrogens is 342 g/mol. The zero-order valence-electron chi connectivity index (χ0n) is 10.7. The van der Waals surface area contributed by atoms with E-state index >= 15 is 0 Å². The molecule has 0 unspecified atom stereocenters. The molecule has 2 aromatic heterocycles. The van der Waals surface area contributed by atoms with Crippen LogP contribution < -0.4 is 11.1 Å². The first-order chi connectivity index (χ1) is 8.97. The molecule has 100 valence electrons. The molecule has 2 rings (SSSR count). The van der Waals surface area contributed by atoms with E-state index in [1.807, 2.05) is 19.9 Å². The summed E-state index contributed by atoms with van der Waals surface area (Å²) in [7, 11) is 0. The van der Waals surface area contributed by atoms with E-state index in [0.29, 0.717) is 4.99 Å². The van der Waals surface area contributed by atoms with Crippen molar-refractivity contribution in [3.63, 3.8) is 0 Å². The minimum Gasteiger partial charge on any atom is -0.389 e. The monoisotopic (exact) mass is 355 g/mol. The molecule has 0 aliphatic carbocycles. The Balaban J connectivity index is 2.26. The number of anilines is 1. The Kier molecular flexibility index (Phi) is 4.54. The summed E-state index contributed by atoms with van der Waals surface area (Å²) >= 11 is 10.3. The molecule has 19 heavy (non-hydrogen) atoms. The topological polar surface area (TPSA) is 50.9 Å². The highest BCUT2D eigenvalue weighted by Gasteiger charge is 2.11. The van der Waals surface area contributed by atoms with Gasteiger partial charge in [-0.3, -0.25) is 4.98 Å². The van der Waals surface area contributed by atoms with Gasteiger partial charge in [-0.25, -0.2) is 0 Å². The minimum absolute atomic E-state index is 0.375. The average molecular weight is 356 g/mol. The highest BCUT2D eigenvalue weighted by Crippen LogP contribution is 2.23. The molecule has 0 spiro atoms. The van der Waals surface area contributed by atoms with Crippen LogP contribution in [0.25, 0.3) is 0 Å². The largest absolute Gasteiger partial charge is 0.389 e. The first-order valence-electron chi connectivity index (χ1n) is 5.72. The van der Waals surface area contributed by atoms with Crippen LogP contribution in [0.3, 0.4) is 0 Å². The maximum Gasteiger partial charge on any atom is 0.107 e. The molecule has 0 aliphatic heterocycles. The molecule has 0 radical (unpaired) electrons. The van der Waals surface area contributed by atoms with Crippen LogP contribution in [-0.4, -0.2) is 9.97 Å². The fourth-order valence-corrected chi connectivity index (χ4v) is 3.56. The van der Waals surface area contributed by atoms with Crippen LogP contribution in [0.2, 0.25) is 0 Å². The number of nitrogens with two attached hydrogens (primary N) is 1. The van der Waals surface area contributed by atoms with Gasteiger partial charge in [0.1, 0.15) is 4.99 Å². The van der Waals surface area contributed by atoms with Gasteiger partial charge >= 0.3 is 0 Å². The molecule has 3 N–H and O–H groups in total. The molecule has 0 aromatic carbocycles. The summed E-state index contributed by atoms with van der Waals surface area (Å²) in [4.78, 5) is 6.02. The molecule has 0 bridgehead atoms. The van der Waals surface area contributed by atoms with E-state index in [2.05, 4.69) is 37.7 Å². The Bertz CT molecular complexity index is 622. The number of hydrogen-bond donors (Lipinski definition) is 2. The van der Waals surface area contributed by atoms with Crippen molar-refractivity contribution in [2.75, 3.05) is 5.32 Å². The summed E-state index contributed by atoms with van der Waals surface area (Å²) in [5.74, 6) is 0. The quantitative estimate of drug-likeness (QED) is 0.819. The van der Waals surface area contributed by atoms with Crippen molar-refractivity contribution in [1.29, 1.82) is 0 Å². The Morgan fingerprint density at radius 1 is 1.47 bits per heavy atom. The van der Waals surface area contributed by atoms with Crippen molar-refractivity contribution in [2.24, 2.45) is 5.73 Å². The second-order valence-electron chi connectivity index (χ2n) is 4.22. The molecule has 2 heterocycles. The lowest BCUT2D eigenvalue weighted by molar-refractivity contribution is 1.09. The molecule has 0 fully saturated rings. The fraction of sp³-hybridized carbons (Fsp3) is 0.231. The highest BCUT2D eigenvalue weighted by molar-refractivity contribution is 9.10. The summed E-state index contributed by atoms with van der Waals surface area (Å²) in [5, 5.41) is 5.45. The Hall–Kier alpha value is -0.980. The number of thiophene rings is 1. The summed E-state index contributed by atoms with van der Waals surface area (Å²) in [6, 6.07) is 4.07. The number of nitrogens with zero attached hydrogens (tertiary/aromatic N) is 1. The van der Waals surface area contributed by atoms with Crippen molar-refractivity contribution in [1.82, 2.24) is 4.98 Å². The van der Waals surface area contributed by atoms with Gasteiger partial charge in [-0.05, 0) is 41.9 Å². The number of aryl methyl sites for hydroxylation is 2. The normalized spacial score (nSPS) is 10.5. The lowest BCUT2D eigenvalue weighted by atomic mass is 10.1. The van der Waals surface area contributed by atoms with E-state index in [9.17, 15) is 0 Å². The third-order valence-corrected chi connectivity index (χ3v) is 4.55. The van der Waals surface area contributed by atoms with Crippen LogP contribution >= 0.6 is 39.5 Å². The second kappa shape index (κ2) is 5.98. The van der Waals surface area contributed by atoms with Crippen molar-refractivity contribution in [3.8, 4) is 0 Å². The van der Waals surface area contributed by atoms with E-state index in [4.69, 9.17) is 18.0 Å². The molecule has 0 saturated heterocycles. The predicted molar refractivity (Wildman–Crippen MR) is 88.9 cm³/mol. The molecule has 6 heteroatoms. The molecule has 0 amide bonds. The maximum absolute atomic E-state index is 5.79. The van der Waals surface area contributed by atoms with Gasteiger partial charge in [-0.1, -0.05) is 12.2 Å². The van der Waals surface area contributed by atoms with Gasteiger partial charge in [-0.15, -0.1) is 11.3 Å². The second-order valence-corrected chi connectivity index (χ2v) is 6.57. The zero-order valence-corrected chi connectivity index (χ0v) is 13.9. The molecule has 2 aromatic rings. The molecule has 0 aliphatic rings. The number of pyridine rings is 1. The summed E-state index contributed by atoms with van der Waals surface area (Å²) in [6.07, 6.45) is 0. The summed E-state index contributed by atoms with van der Waals surface area (Å²) < 4.78 is 1.10. The van der Waals surface area contributed by atoms with Gasteiger partial charge < -0.3 is 11.1 Å². The van der Waals surface area contributed by atoms with E-state index in [1.165, 1.54) is 4.88 Å². The van der Waals surface area contributed by atoms with Crippen LogP contribution in [0.15, 0.2) is 22.0 Å². The number of halogens is 1. The van der Waals surface area contributed by atoms with Gasteiger partial charge in [0, 0.05) is 38.3 Å². The van der Waals surface area contributed by atoms with Gasteiger partial charge in [0.05, 0.1) is 5.56 Å². The van der Waals surface area contributed by atoms with Crippen molar-refractivity contribution < 1.29 is 0 Å². The third-order valence-electron chi connectivity index (χ3n) is 2.65. The maximum atomic E-state index is 5.79. The van der Waals surface area contributed by atoms with E-state index in [1.54, 1.807) is 11.3 Å². The number of rotatable bonds is 4.